The van der Waals surface area contributed by atoms with Gasteiger partial charge in [-0.15, -0.1) is 24.8 Å². The summed E-state index contributed by atoms with van der Waals surface area (Å²) in [6.07, 6.45) is 8.44. The van der Waals surface area contributed by atoms with Crippen molar-refractivity contribution < 1.29 is 0 Å². The Morgan fingerprint density at radius 2 is 1.80 bits per heavy atom. The second kappa shape index (κ2) is 11.1. The summed E-state index contributed by atoms with van der Waals surface area (Å²) in [6, 6.07) is 14.5. The Bertz CT molecular complexity index is 1010. The maximum Gasteiger partial charge on any atom is 0.152 e. The van der Waals surface area contributed by atoms with Crippen molar-refractivity contribution >= 4 is 59.5 Å². The molecule has 7 heteroatoms. The van der Waals surface area contributed by atoms with Crippen molar-refractivity contribution in [2.75, 3.05) is 0 Å². The summed E-state index contributed by atoms with van der Waals surface area (Å²) in [5.41, 5.74) is 7.40. The number of nitrogens with one attached hydrogen (secondary N) is 1. The fourth-order valence-corrected chi connectivity index (χ4v) is 4.13. The molecule has 1 saturated carbocycles. The predicted molar refractivity (Wildman–Crippen MR) is 131 cm³/mol. The largest absolute Gasteiger partial charge is 0.271 e. The van der Waals surface area contributed by atoms with Crippen LogP contribution in [-0.4, -0.2) is 16.0 Å². The number of rotatable bonds is 4. The maximum atomic E-state index is 5.97. The lowest BCUT2D eigenvalue weighted by Gasteiger charge is -2.29. The van der Waals surface area contributed by atoms with E-state index in [2.05, 4.69) is 30.5 Å². The first-order valence-electron chi connectivity index (χ1n) is 9.80. The Kier molecular flexibility index (Phi) is 9.08. The van der Waals surface area contributed by atoms with E-state index in [4.69, 9.17) is 27.4 Å². The molecule has 1 fully saturated rings. The van der Waals surface area contributed by atoms with E-state index in [0.717, 1.165) is 58.7 Å². The lowest BCUT2D eigenvalue weighted by atomic mass is 9.82. The van der Waals surface area contributed by atoms with Crippen LogP contribution >= 0.6 is 36.4 Å². The molecular formula is C23H27Cl3N4. The number of fused-ring (bicyclic) bond motifs is 1. The van der Waals surface area contributed by atoms with Crippen molar-refractivity contribution in [1.29, 1.82) is 0 Å². The van der Waals surface area contributed by atoms with E-state index in [9.17, 15) is 0 Å². The lowest BCUT2D eigenvalue weighted by molar-refractivity contribution is 0.341. The van der Waals surface area contributed by atoms with Gasteiger partial charge < -0.3 is 0 Å². The molecule has 0 bridgehead atoms. The first-order chi connectivity index (χ1) is 13.6. The summed E-state index contributed by atoms with van der Waals surface area (Å²) in [4.78, 5) is 9.75. The molecule has 3 aromatic rings. The van der Waals surface area contributed by atoms with Crippen LogP contribution < -0.4 is 11.3 Å². The fourth-order valence-electron chi connectivity index (χ4n) is 4.00. The van der Waals surface area contributed by atoms with Crippen molar-refractivity contribution in [1.82, 2.24) is 15.4 Å². The summed E-state index contributed by atoms with van der Waals surface area (Å²) >= 11 is 5.97. The number of aromatic nitrogens is 2. The molecule has 4 nitrogen and oxygen atoms in total. The normalized spacial score (nSPS) is 18.8. The molecule has 2 aromatic carbocycles. The molecule has 1 heterocycles. The van der Waals surface area contributed by atoms with Crippen molar-refractivity contribution in [2.45, 2.75) is 44.6 Å². The van der Waals surface area contributed by atoms with Crippen LogP contribution in [0.15, 0.2) is 42.5 Å². The maximum absolute atomic E-state index is 5.97. The number of nitrogens with zero attached hydrogens (tertiary/aromatic N) is 2. The van der Waals surface area contributed by atoms with E-state index in [1.807, 2.05) is 36.4 Å². The van der Waals surface area contributed by atoms with Gasteiger partial charge in [-0.25, -0.2) is 9.97 Å². The van der Waals surface area contributed by atoms with E-state index in [1.165, 1.54) is 5.56 Å². The molecule has 30 heavy (non-hydrogen) atoms. The van der Waals surface area contributed by atoms with Gasteiger partial charge in [-0.05, 0) is 62.1 Å². The Labute approximate surface area is 195 Å². The van der Waals surface area contributed by atoms with E-state index in [1.54, 1.807) is 0 Å². The number of hydrogen-bond donors (Lipinski definition) is 2. The SMILES string of the molecule is Cc1ccc2nc(C=Cc3ccc(Cl)cc3)nc([C@H]3CCC[C@H](NN)C3)c2c1.Cl.Cl. The van der Waals surface area contributed by atoms with Crippen molar-refractivity contribution in [3.05, 3.63) is 70.1 Å². The van der Waals surface area contributed by atoms with Crippen LogP contribution in [-0.2, 0) is 0 Å². The molecule has 0 saturated heterocycles. The minimum absolute atomic E-state index is 0. The molecule has 0 aliphatic heterocycles. The average Bonchev–Trinajstić information content (AvgIpc) is 2.73. The monoisotopic (exact) mass is 464 g/mol. The molecule has 0 unspecified atom stereocenters. The molecule has 3 N–H and O–H groups in total. The molecule has 0 radical (unpaired) electrons. The number of hydrazine groups is 1. The van der Waals surface area contributed by atoms with Gasteiger partial charge in [0.25, 0.3) is 0 Å². The third kappa shape index (κ3) is 5.71. The minimum atomic E-state index is 0. The molecule has 1 aliphatic rings. The number of nitrogens with two attached hydrogens (primary N) is 1. The summed E-state index contributed by atoms with van der Waals surface area (Å²) in [5.74, 6) is 6.86. The van der Waals surface area contributed by atoms with Crippen LogP contribution in [0.3, 0.4) is 0 Å². The number of hydrogen-bond acceptors (Lipinski definition) is 4. The highest BCUT2D eigenvalue weighted by Gasteiger charge is 2.25. The van der Waals surface area contributed by atoms with E-state index in [-0.39, 0.29) is 24.8 Å². The zero-order valence-corrected chi connectivity index (χ0v) is 19.2. The standard InChI is InChI=1S/C23H25ClN4.2ClH/c1-15-5-11-21-20(13-15)23(17-3-2-4-19(14-17)28-25)27-22(26-21)12-8-16-6-9-18(24)10-7-16;;/h5-13,17,19,28H,2-4,14,25H2,1H3;2*1H/t17-,19-;;/m0../s1. The first kappa shape index (κ1) is 24.6. The van der Waals surface area contributed by atoms with Gasteiger partial charge in [0.05, 0.1) is 11.2 Å². The molecule has 2 atom stereocenters. The van der Waals surface area contributed by atoms with Crippen LogP contribution in [0.2, 0.25) is 5.02 Å². The fraction of sp³-hybridized carbons (Fsp3) is 0.304. The molecule has 160 valence electrons. The average molecular weight is 466 g/mol. The summed E-state index contributed by atoms with van der Waals surface area (Å²) < 4.78 is 0. The predicted octanol–water partition coefficient (Wildman–Crippen LogP) is 6.10. The Morgan fingerprint density at radius 1 is 1.03 bits per heavy atom. The number of benzene rings is 2. The molecule has 1 aliphatic carbocycles. The van der Waals surface area contributed by atoms with E-state index >= 15 is 0 Å². The Morgan fingerprint density at radius 3 is 2.53 bits per heavy atom. The lowest BCUT2D eigenvalue weighted by Crippen LogP contribution is -2.38. The highest BCUT2D eigenvalue weighted by atomic mass is 35.5. The van der Waals surface area contributed by atoms with Gasteiger partial charge in [-0.1, -0.05) is 47.9 Å². The first-order valence-corrected chi connectivity index (χ1v) is 10.2. The van der Waals surface area contributed by atoms with Gasteiger partial charge in [0.15, 0.2) is 5.82 Å². The summed E-state index contributed by atoms with van der Waals surface area (Å²) in [7, 11) is 0. The molecule has 1 aromatic heterocycles. The third-order valence-electron chi connectivity index (χ3n) is 5.49. The van der Waals surface area contributed by atoms with Gasteiger partial charge >= 0.3 is 0 Å². The van der Waals surface area contributed by atoms with Gasteiger partial charge in [0.2, 0.25) is 0 Å². The number of halogens is 3. The highest BCUT2D eigenvalue weighted by Crippen LogP contribution is 2.35. The molecule has 0 amide bonds. The second-order valence-corrected chi connectivity index (χ2v) is 8.04. The quantitative estimate of drug-likeness (QED) is 0.361. The zero-order valence-electron chi connectivity index (χ0n) is 16.8. The van der Waals surface area contributed by atoms with Crippen LogP contribution in [0, 0.1) is 6.92 Å². The van der Waals surface area contributed by atoms with Crippen LogP contribution in [0.4, 0.5) is 0 Å². The molecular weight excluding hydrogens is 439 g/mol. The van der Waals surface area contributed by atoms with Gasteiger partial charge in [0, 0.05) is 22.4 Å². The van der Waals surface area contributed by atoms with E-state index in [0.29, 0.717) is 12.0 Å². The van der Waals surface area contributed by atoms with Crippen LogP contribution in [0.1, 0.15) is 54.2 Å². The Balaban J connectivity index is 0.00000160. The molecule has 4 rings (SSSR count). The summed E-state index contributed by atoms with van der Waals surface area (Å²) in [5, 5.41) is 1.89. The third-order valence-corrected chi connectivity index (χ3v) is 5.74. The highest BCUT2D eigenvalue weighted by molar-refractivity contribution is 6.30. The summed E-state index contributed by atoms with van der Waals surface area (Å²) in [6.45, 7) is 2.11. The van der Waals surface area contributed by atoms with Crippen molar-refractivity contribution in [3.63, 3.8) is 0 Å². The van der Waals surface area contributed by atoms with Gasteiger partial charge in [-0.2, -0.15) is 0 Å². The van der Waals surface area contributed by atoms with Crippen molar-refractivity contribution in [2.24, 2.45) is 5.84 Å². The van der Waals surface area contributed by atoms with Gasteiger partial charge in [0.1, 0.15) is 0 Å². The molecule has 0 spiro atoms. The smallest absolute Gasteiger partial charge is 0.152 e. The second-order valence-electron chi connectivity index (χ2n) is 7.60. The van der Waals surface area contributed by atoms with E-state index < -0.39 is 0 Å². The Hall–Kier alpha value is -1.69. The minimum Gasteiger partial charge on any atom is -0.271 e. The van der Waals surface area contributed by atoms with Crippen LogP contribution in [0.25, 0.3) is 23.1 Å². The van der Waals surface area contributed by atoms with Gasteiger partial charge in [-0.3, -0.25) is 11.3 Å². The number of aryl methyl sites for hydroxylation is 1. The zero-order chi connectivity index (χ0) is 19.5. The topological polar surface area (TPSA) is 63.8 Å². The van der Waals surface area contributed by atoms with Crippen molar-refractivity contribution in [3.8, 4) is 0 Å². The van der Waals surface area contributed by atoms with Crippen LogP contribution in [0.5, 0.6) is 0 Å².